The third-order valence-electron chi connectivity index (χ3n) is 2.37. The predicted octanol–water partition coefficient (Wildman–Crippen LogP) is 5.14. The zero-order chi connectivity index (χ0) is 12.1. The van der Waals surface area contributed by atoms with E-state index in [1.165, 1.54) is 11.8 Å². The van der Waals surface area contributed by atoms with E-state index in [1.54, 1.807) is 0 Å². The molecule has 0 amide bonds. The van der Waals surface area contributed by atoms with E-state index in [0.717, 1.165) is 10.5 Å². The minimum absolute atomic E-state index is 0.422. The van der Waals surface area contributed by atoms with Crippen LogP contribution >= 0.6 is 23.4 Å². The summed E-state index contributed by atoms with van der Waals surface area (Å²) in [5.41, 5.74) is 0.731. The van der Waals surface area contributed by atoms with Crippen molar-refractivity contribution in [2.75, 3.05) is 5.75 Å². The van der Waals surface area contributed by atoms with Gasteiger partial charge in [0.15, 0.2) is 0 Å². The van der Waals surface area contributed by atoms with Crippen molar-refractivity contribution in [2.45, 2.75) is 11.1 Å². The van der Waals surface area contributed by atoms with Crippen LogP contribution in [-0.2, 0) is 0 Å². The maximum Gasteiger partial charge on any atom is 0.134 e. The van der Waals surface area contributed by atoms with Crippen molar-refractivity contribution in [1.29, 1.82) is 0 Å². The summed E-state index contributed by atoms with van der Waals surface area (Å²) >= 11 is 7.29. The van der Waals surface area contributed by atoms with Gasteiger partial charge in [-0.05, 0) is 29.8 Å². The zero-order valence-electron chi connectivity index (χ0n) is 9.14. The van der Waals surface area contributed by atoms with E-state index in [-0.39, 0.29) is 0 Å². The van der Waals surface area contributed by atoms with Gasteiger partial charge < -0.3 is 0 Å². The van der Waals surface area contributed by atoms with Crippen molar-refractivity contribution in [3.05, 3.63) is 65.2 Å². The number of benzene rings is 2. The molecule has 0 saturated heterocycles. The molecule has 2 aromatic carbocycles. The summed E-state index contributed by atoms with van der Waals surface area (Å²) in [6.07, 6.45) is -0.933. The standard InChI is InChI=1S/C14H12ClFS/c15-12-6-8-13(9-7-12)17-10-14(16)11-4-2-1-3-5-11/h1-9,14H,10H2. The first-order valence-corrected chi connectivity index (χ1v) is 6.69. The molecule has 2 rings (SSSR count). The second kappa shape index (κ2) is 6.08. The summed E-state index contributed by atoms with van der Waals surface area (Å²) in [5, 5.41) is 0.703. The van der Waals surface area contributed by atoms with Crippen molar-refractivity contribution in [3.63, 3.8) is 0 Å². The molecule has 88 valence electrons. The van der Waals surface area contributed by atoms with Gasteiger partial charge >= 0.3 is 0 Å². The zero-order valence-corrected chi connectivity index (χ0v) is 10.7. The van der Waals surface area contributed by atoms with Crippen LogP contribution in [0.15, 0.2) is 59.5 Å². The quantitative estimate of drug-likeness (QED) is 0.690. The van der Waals surface area contributed by atoms with Crippen LogP contribution in [-0.4, -0.2) is 5.75 Å². The lowest BCUT2D eigenvalue weighted by atomic mass is 10.1. The molecule has 0 aliphatic carbocycles. The molecule has 0 fully saturated rings. The van der Waals surface area contributed by atoms with E-state index in [1.807, 2.05) is 54.6 Å². The summed E-state index contributed by atoms with van der Waals surface area (Å²) in [5.74, 6) is 0.422. The number of rotatable bonds is 4. The molecule has 0 heterocycles. The first-order chi connectivity index (χ1) is 8.25. The van der Waals surface area contributed by atoms with E-state index in [9.17, 15) is 4.39 Å². The third-order valence-corrected chi connectivity index (χ3v) is 3.69. The molecule has 0 saturated carbocycles. The number of hydrogen-bond donors (Lipinski definition) is 0. The number of hydrogen-bond acceptors (Lipinski definition) is 1. The highest BCUT2D eigenvalue weighted by Gasteiger charge is 2.09. The van der Waals surface area contributed by atoms with Gasteiger partial charge in [-0.2, -0.15) is 0 Å². The molecule has 0 aromatic heterocycles. The Morgan fingerprint density at radius 3 is 2.29 bits per heavy atom. The van der Waals surface area contributed by atoms with Gasteiger partial charge in [0, 0.05) is 15.7 Å². The summed E-state index contributed by atoms with van der Waals surface area (Å²) in [4.78, 5) is 1.04. The molecule has 0 bridgehead atoms. The van der Waals surface area contributed by atoms with Crippen molar-refractivity contribution in [3.8, 4) is 0 Å². The summed E-state index contributed by atoms with van der Waals surface area (Å²) in [6.45, 7) is 0. The van der Waals surface area contributed by atoms with Crippen LogP contribution < -0.4 is 0 Å². The highest BCUT2D eigenvalue weighted by Crippen LogP contribution is 2.27. The largest absolute Gasteiger partial charge is 0.241 e. The fourth-order valence-electron chi connectivity index (χ4n) is 1.46. The van der Waals surface area contributed by atoms with Crippen molar-refractivity contribution in [1.82, 2.24) is 0 Å². The monoisotopic (exact) mass is 266 g/mol. The Labute approximate surface area is 110 Å². The van der Waals surface area contributed by atoms with Crippen LogP contribution in [0.3, 0.4) is 0 Å². The molecule has 1 unspecified atom stereocenters. The normalized spacial score (nSPS) is 12.4. The fourth-order valence-corrected chi connectivity index (χ4v) is 2.44. The Kier molecular flexibility index (Phi) is 4.46. The third kappa shape index (κ3) is 3.76. The number of alkyl halides is 1. The lowest BCUT2D eigenvalue weighted by molar-refractivity contribution is 0.380. The second-order valence-corrected chi connectivity index (χ2v) is 5.17. The average molecular weight is 267 g/mol. The molecule has 0 N–H and O–H groups in total. The van der Waals surface area contributed by atoms with Crippen LogP contribution in [0.5, 0.6) is 0 Å². The first kappa shape index (κ1) is 12.5. The Bertz CT molecular complexity index is 455. The van der Waals surface area contributed by atoms with Crippen LogP contribution in [0.25, 0.3) is 0 Å². The molecular weight excluding hydrogens is 255 g/mol. The lowest BCUT2D eigenvalue weighted by Gasteiger charge is -2.08. The SMILES string of the molecule is FC(CSc1ccc(Cl)cc1)c1ccccc1. The van der Waals surface area contributed by atoms with Gasteiger partial charge in [-0.15, -0.1) is 11.8 Å². The van der Waals surface area contributed by atoms with Gasteiger partial charge in [0.05, 0.1) is 0 Å². The van der Waals surface area contributed by atoms with Gasteiger partial charge in [-0.25, -0.2) is 4.39 Å². The van der Waals surface area contributed by atoms with Crippen molar-refractivity contribution < 1.29 is 4.39 Å². The molecule has 0 nitrogen and oxygen atoms in total. The summed E-state index contributed by atoms with van der Waals surface area (Å²) in [6, 6.07) is 16.7. The predicted molar refractivity (Wildman–Crippen MR) is 72.5 cm³/mol. The van der Waals surface area contributed by atoms with E-state index >= 15 is 0 Å². The van der Waals surface area contributed by atoms with Crippen LogP contribution in [0.4, 0.5) is 4.39 Å². The maximum absolute atomic E-state index is 13.9. The summed E-state index contributed by atoms with van der Waals surface area (Å²) in [7, 11) is 0. The van der Waals surface area contributed by atoms with E-state index < -0.39 is 6.17 Å². The first-order valence-electron chi connectivity index (χ1n) is 5.33. The molecule has 0 radical (unpaired) electrons. The van der Waals surface area contributed by atoms with Crippen molar-refractivity contribution >= 4 is 23.4 Å². The van der Waals surface area contributed by atoms with Crippen molar-refractivity contribution in [2.24, 2.45) is 0 Å². The highest BCUT2D eigenvalue weighted by molar-refractivity contribution is 7.99. The van der Waals surface area contributed by atoms with Gasteiger partial charge in [0.2, 0.25) is 0 Å². The van der Waals surface area contributed by atoms with Crippen LogP contribution in [0.1, 0.15) is 11.7 Å². The fraction of sp³-hybridized carbons (Fsp3) is 0.143. The van der Waals surface area contributed by atoms with Crippen LogP contribution in [0, 0.1) is 0 Å². The molecule has 2 aromatic rings. The molecule has 0 aliphatic rings. The molecule has 3 heteroatoms. The maximum atomic E-state index is 13.9. The molecule has 17 heavy (non-hydrogen) atoms. The molecule has 0 aliphatic heterocycles. The molecule has 0 spiro atoms. The lowest BCUT2D eigenvalue weighted by Crippen LogP contribution is -1.94. The molecular formula is C14H12ClFS. The number of thioether (sulfide) groups is 1. The van der Waals surface area contributed by atoms with E-state index in [0.29, 0.717) is 10.8 Å². The topological polar surface area (TPSA) is 0 Å². The Morgan fingerprint density at radius 1 is 1.00 bits per heavy atom. The minimum atomic E-state index is -0.933. The smallest absolute Gasteiger partial charge is 0.134 e. The van der Waals surface area contributed by atoms with Gasteiger partial charge in [0.1, 0.15) is 6.17 Å². The Balaban J connectivity index is 1.92. The Morgan fingerprint density at radius 2 is 1.65 bits per heavy atom. The minimum Gasteiger partial charge on any atom is -0.241 e. The van der Waals surface area contributed by atoms with Crippen LogP contribution in [0.2, 0.25) is 5.02 Å². The molecule has 1 atom stereocenters. The van der Waals surface area contributed by atoms with Gasteiger partial charge in [-0.1, -0.05) is 41.9 Å². The number of halogens is 2. The van der Waals surface area contributed by atoms with E-state index in [2.05, 4.69) is 0 Å². The highest BCUT2D eigenvalue weighted by atomic mass is 35.5. The van der Waals surface area contributed by atoms with Gasteiger partial charge in [0.25, 0.3) is 0 Å². The summed E-state index contributed by atoms with van der Waals surface area (Å²) < 4.78 is 13.9. The average Bonchev–Trinajstić information content (AvgIpc) is 2.39. The second-order valence-electron chi connectivity index (χ2n) is 3.64. The van der Waals surface area contributed by atoms with E-state index in [4.69, 9.17) is 11.6 Å². The Hall–Kier alpha value is -0.990. The van der Waals surface area contributed by atoms with Gasteiger partial charge in [-0.3, -0.25) is 0 Å².